The second-order valence-electron chi connectivity index (χ2n) is 4.55. The molecular formula is C13H16N2O4S3. The molecule has 6 nitrogen and oxygen atoms in total. The van der Waals surface area contributed by atoms with Crippen molar-refractivity contribution in [3.05, 3.63) is 41.8 Å². The fourth-order valence-electron chi connectivity index (χ4n) is 1.70. The van der Waals surface area contributed by atoms with Crippen molar-refractivity contribution in [2.45, 2.75) is 9.10 Å². The minimum atomic E-state index is -3.45. The van der Waals surface area contributed by atoms with Crippen LogP contribution >= 0.6 is 11.3 Å². The van der Waals surface area contributed by atoms with Crippen LogP contribution in [0.4, 0.5) is 5.69 Å². The van der Waals surface area contributed by atoms with Crippen LogP contribution in [0.1, 0.15) is 0 Å². The third kappa shape index (κ3) is 4.54. The van der Waals surface area contributed by atoms with E-state index < -0.39 is 19.9 Å². The maximum Gasteiger partial charge on any atom is 0.250 e. The minimum Gasteiger partial charge on any atom is -0.384 e. The lowest BCUT2D eigenvalue weighted by atomic mass is 10.3. The van der Waals surface area contributed by atoms with Crippen molar-refractivity contribution < 1.29 is 16.8 Å². The van der Waals surface area contributed by atoms with Crippen molar-refractivity contribution in [2.75, 3.05) is 24.7 Å². The number of rotatable bonds is 7. The number of hydrogen-bond acceptors (Lipinski definition) is 6. The lowest BCUT2D eigenvalue weighted by Crippen LogP contribution is -2.28. The number of sulfonamides is 1. The average molecular weight is 360 g/mol. The molecule has 0 aliphatic heterocycles. The Labute approximate surface area is 134 Å². The van der Waals surface area contributed by atoms with Crippen molar-refractivity contribution in [3.63, 3.8) is 0 Å². The molecule has 22 heavy (non-hydrogen) atoms. The molecule has 9 heteroatoms. The molecule has 0 aliphatic carbocycles. The van der Waals surface area contributed by atoms with Crippen LogP contribution in [0.5, 0.6) is 0 Å². The van der Waals surface area contributed by atoms with Crippen molar-refractivity contribution in [2.24, 2.45) is 0 Å². The van der Waals surface area contributed by atoms with Crippen molar-refractivity contribution in [3.8, 4) is 0 Å². The molecule has 0 saturated heterocycles. The van der Waals surface area contributed by atoms with E-state index in [9.17, 15) is 16.8 Å². The molecule has 0 aliphatic rings. The van der Waals surface area contributed by atoms with Gasteiger partial charge in [0, 0.05) is 25.0 Å². The van der Waals surface area contributed by atoms with E-state index in [1.807, 2.05) is 0 Å². The minimum absolute atomic E-state index is 0.230. The van der Waals surface area contributed by atoms with E-state index in [-0.39, 0.29) is 15.6 Å². The highest BCUT2D eigenvalue weighted by molar-refractivity contribution is 7.91. The van der Waals surface area contributed by atoms with E-state index >= 15 is 0 Å². The predicted octanol–water partition coefficient (Wildman–Crippen LogP) is 1.54. The maximum absolute atomic E-state index is 11.9. The van der Waals surface area contributed by atoms with E-state index in [4.69, 9.17) is 0 Å². The molecule has 1 aromatic carbocycles. The Morgan fingerprint density at radius 2 is 1.68 bits per heavy atom. The summed E-state index contributed by atoms with van der Waals surface area (Å²) in [5, 5.41) is 4.73. The van der Waals surface area contributed by atoms with Gasteiger partial charge >= 0.3 is 0 Å². The Balaban J connectivity index is 1.85. The maximum atomic E-state index is 11.9. The van der Waals surface area contributed by atoms with Crippen LogP contribution in [-0.2, 0) is 19.9 Å². The Morgan fingerprint density at radius 3 is 2.23 bits per heavy atom. The van der Waals surface area contributed by atoms with E-state index in [1.54, 1.807) is 29.6 Å². The van der Waals surface area contributed by atoms with Gasteiger partial charge in [-0.25, -0.2) is 21.6 Å². The molecule has 2 aromatic rings. The van der Waals surface area contributed by atoms with Crippen LogP contribution in [0.2, 0.25) is 0 Å². The van der Waals surface area contributed by atoms with Gasteiger partial charge in [0.25, 0.3) is 0 Å². The van der Waals surface area contributed by atoms with E-state index in [2.05, 4.69) is 10.0 Å². The van der Waals surface area contributed by atoms with Gasteiger partial charge in [0.05, 0.1) is 4.90 Å². The topological polar surface area (TPSA) is 92.3 Å². The van der Waals surface area contributed by atoms with Gasteiger partial charge in [0.1, 0.15) is 4.21 Å². The monoisotopic (exact) mass is 360 g/mol. The summed E-state index contributed by atoms with van der Waals surface area (Å²) < 4.78 is 49.2. The van der Waals surface area contributed by atoms with Crippen LogP contribution in [0, 0.1) is 0 Å². The van der Waals surface area contributed by atoms with Gasteiger partial charge in [0.2, 0.25) is 10.0 Å². The normalized spacial score (nSPS) is 12.2. The lowest BCUT2D eigenvalue weighted by molar-refractivity contribution is 0.585. The number of sulfone groups is 1. The molecule has 0 saturated carbocycles. The number of thiophene rings is 1. The number of nitrogens with one attached hydrogen (secondary N) is 2. The first-order valence-corrected chi connectivity index (χ1v) is 10.6. The van der Waals surface area contributed by atoms with Crippen molar-refractivity contribution in [1.82, 2.24) is 4.72 Å². The zero-order valence-corrected chi connectivity index (χ0v) is 14.3. The second-order valence-corrected chi connectivity index (χ2v) is 9.51. The van der Waals surface area contributed by atoms with Gasteiger partial charge < -0.3 is 5.32 Å². The summed E-state index contributed by atoms with van der Waals surface area (Å²) in [6.07, 6.45) is 1.15. The van der Waals surface area contributed by atoms with Crippen LogP contribution in [0.3, 0.4) is 0 Å². The standard InChI is InChI=1S/C13H16N2O4S3/c1-21(16,17)12-6-4-11(5-7-12)14-8-9-15-22(18,19)13-3-2-10-20-13/h2-7,10,14-15H,8-9H2,1H3. The Morgan fingerprint density at radius 1 is 1.00 bits per heavy atom. The molecule has 0 fully saturated rings. The molecule has 120 valence electrons. The first kappa shape index (κ1) is 16.9. The predicted molar refractivity (Wildman–Crippen MR) is 87.5 cm³/mol. The van der Waals surface area contributed by atoms with Gasteiger partial charge in [-0.3, -0.25) is 0 Å². The second kappa shape index (κ2) is 6.78. The molecule has 0 bridgehead atoms. The summed E-state index contributed by atoms with van der Waals surface area (Å²) in [4.78, 5) is 0.247. The van der Waals surface area contributed by atoms with Gasteiger partial charge in [-0.1, -0.05) is 6.07 Å². The summed E-state index contributed by atoms with van der Waals surface area (Å²) >= 11 is 1.16. The van der Waals surface area contributed by atoms with Crippen LogP contribution < -0.4 is 10.0 Å². The van der Waals surface area contributed by atoms with E-state index in [0.717, 1.165) is 23.3 Å². The lowest BCUT2D eigenvalue weighted by Gasteiger charge is -2.08. The van der Waals surface area contributed by atoms with Crippen molar-refractivity contribution >= 4 is 36.9 Å². The van der Waals surface area contributed by atoms with Crippen LogP contribution in [0.15, 0.2) is 50.9 Å². The Kier molecular flexibility index (Phi) is 5.22. The molecule has 0 atom stereocenters. The molecule has 0 unspecified atom stereocenters. The molecule has 2 N–H and O–H groups in total. The van der Waals surface area contributed by atoms with Gasteiger partial charge in [-0.15, -0.1) is 11.3 Å². The molecule has 1 heterocycles. The SMILES string of the molecule is CS(=O)(=O)c1ccc(NCCNS(=O)(=O)c2cccs2)cc1. The summed E-state index contributed by atoms with van der Waals surface area (Å²) in [5.41, 5.74) is 0.725. The Bertz CT molecular complexity index is 811. The largest absolute Gasteiger partial charge is 0.384 e. The third-order valence-corrected chi connectivity index (χ3v) is 6.78. The number of hydrogen-bond donors (Lipinski definition) is 2. The fourth-order valence-corrected chi connectivity index (χ4v) is 4.40. The first-order chi connectivity index (χ1) is 10.3. The van der Waals surface area contributed by atoms with Gasteiger partial charge in [-0.2, -0.15) is 0 Å². The number of benzene rings is 1. The Hall–Kier alpha value is -1.42. The average Bonchev–Trinajstić information content (AvgIpc) is 2.98. The highest BCUT2D eigenvalue weighted by atomic mass is 32.2. The molecule has 1 aromatic heterocycles. The van der Waals surface area contributed by atoms with Gasteiger partial charge in [0.15, 0.2) is 9.84 Å². The first-order valence-electron chi connectivity index (χ1n) is 6.36. The van der Waals surface area contributed by atoms with Crippen LogP contribution in [0.25, 0.3) is 0 Å². The third-order valence-electron chi connectivity index (χ3n) is 2.79. The summed E-state index contributed by atoms with van der Waals surface area (Å²) in [6, 6.07) is 9.53. The molecule has 0 amide bonds. The smallest absolute Gasteiger partial charge is 0.250 e. The molecule has 0 spiro atoms. The quantitative estimate of drug-likeness (QED) is 0.731. The molecular weight excluding hydrogens is 344 g/mol. The van der Waals surface area contributed by atoms with Gasteiger partial charge in [-0.05, 0) is 35.7 Å². The summed E-state index contributed by atoms with van der Waals surface area (Å²) in [5.74, 6) is 0. The van der Waals surface area contributed by atoms with Crippen molar-refractivity contribution in [1.29, 1.82) is 0 Å². The van der Waals surface area contributed by atoms with Crippen LogP contribution in [-0.4, -0.2) is 36.2 Å². The van der Waals surface area contributed by atoms with E-state index in [0.29, 0.717) is 6.54 Å². The van der Waals surface area contributed by atoms with E-state index in [1.165, 1.54) is 12.1 Å². The number of anilines is 1. The molecule has 2 rings (SSSR count). The summed E-state index contributed by atoms with van der Waals surface area (Å²) in [6.45, 7) is 0.622. The zero-order chi connectivity index (χ0) is 16.2. The highest BCUT2D eigenvalue weighted by Crippen LogP contribution is 2.15. The molecule has 0 radical (unpaired) electrons. The summed E-state index contributed by atoms with van der Waals surface area (Å²) in [7, 11) is -6.66. The fraction of sp³-hybridized carbons (Fsp3) is 0.231. The zero-order valence-electron chi connectivity index (χ0n) is 11.8. The highest BCUT2D eigenvalue weighted by Gasteiger charge is 2.13.